The number of aromatic nitrogens is 1. The number of carbonyl (C=O) groups is 2. The monoisotopic (exact) mass is 520 g/mol. The van der Waals surface area contributed by atoms with Gasteiger partial charge in [0.15, 0.2) is 0 Å². The van der Waals surface area contributed by atoms with Gasteiger partial charge in [-0.2, -0.15) is 0 Å². The molecule has 1 aliphatic carbocycles. The van der Waals surface area contributed by atoms with E-state index in [9.17, 15) is 9.59 Å². The number of hydrogen-bond acceptors (Lipinski definition) is 5. The van der Waals surface area contributed by atoms with E-state index in [4.69, 9.17) is 4.74 Å². The number of piperidine rings is 1. The van der Waals surface area contributed by atoms with Crippen LogP contribution in [0.25, 0.3) is 10.8 Å². The number of anilines is 1. The first kappa shape index (κ1) is 21.4. The predicted molar refractivity (Wildman–Crippen MR) is 133 cm³/mol. The van der Waals surface area contributed by atoms with E-state index < -0.39 is 5.66 Å². The first-order valence-electron chi connectivity index (χ1n) is 11.6. The van der Waals surface area contributed by atoms with Gasteiger partial charge in [-0.3, -0.25) is 14.6 Å². The van der Waals surface area contributed by atoms with Crippen LogP contribution in [-0.2, 0) is 0 Å². The molecule has 0 unspecified atom stereocenters. The fourth-order valence-corrected chi connectivity index (χ4v) is 5.52. The lowest BCUT2D eigenvalue weighted by Crippen LogP contribution is -2.62. The zero-order chi connectivity index (χ0) is 23.4. The molecule has 7 nitrogen and oxygen atoms in total. The number of benzene rings is 2. The van der Waals surface area contributed by atoms with Gasteiger partial charge in [-0.05, 0) is 49.2 Å². The lowest BCUT2D eigenvalue weighted by molar-refractivity contribution is 0.0639. The molecule has 0 bridgehead atoms. The standard InChI is InChI=1S/C26H25BrN4O3/c1-34-22-13-16(12-19-18(22)6-9-28-23(19)15-2-3-15)25(33)31-10-7-26(8-11-31)29-21-5-4-17(27)14-20(21)24(32)30-26/h4-6,9,12-15,29H,2-3,7-8,10-11H2,1H3,(H,30,32). The molecule has 1 saturated heterocycles. The summed E-state index contributed by atoms with van der Waals surface area (Å²) >= 11 is 3.43. The second-order valence-electron chi connectivity index (χ2n) is 9.39. The Kier molecular flexibility index (Phi) is 5.02. The molecule has 3 aliphatic rings. The summed E-state index contributed by atoms with van der Waals surface area (Å²) in [4.78, 5) is 32.8. The highest BCUT2D eigenvalue weighted by Gasteiger charge is 2.41. The largest absolute Gasteiger partial charge is 0.496 e. The van der Waals surface area contributed by atoms with Gasteiger partial charge in [-0.1, -0.05) is 15.9 Å². The van der Waals surface area contributed by atoms with Crippen LogP contribution in [0.5, 0.6) is 5.75 Å². The molecule has 8 heteroatoms. The summed E-state index contributed by atoms with van der Waals surface area (Å²) < 4.78 is 6.51. The fourth-order valence-electron chi connectivity index (χ4n) is 5.16. The highest BCUT2D eigenvalue weighted by Crippen LogP contribution is 2.43. The van der Waals surface area contributed by atoms with Crippen molar-refractivity contribution in [3.05, 3.63) is 63.9 Å². The van der Waals surface area contributed by atoms with Crippen molar-refractivity contribution in [2.24, 2.45) is 0 Å². The number of rotatable bonds is 3. The summed E-state index contributed by atoms with van der Waals surface area (Å²) in [7, 11) is 1.64. The Morgan fingerprint density at radius 3 is 2.65 bits per heavy atom. The van der Waals surface area contributed by atoms with Gasteiger partial charge < -0.3 is 20.3 Å². The molecular weight excluding hydrogens is 496 g/mol. The highest BCUT2D eigenvalue weighted by atomic mass is 79.9. The number of pyridine rings is 1. The minimum Gasteiger partial charge on any atom is -0.496 e. The number of amides is 2. The third kappa shape index (κ3) is 3.60. The molecule has 34 heavy (non-hydrogen) atoms. The summed E-state index contributed by atoms with van der Waals surface area (Å²) in [6.45, 7) is 1.09. The minimum absolute atomic E-state index is 0.0212. The molecular formula is C26H25BrN4O3. The van der Waals surface area contributed by atoms with E-state index in [0.717, 1.165) is 39.5 Å². The van der Waals surface area contributed by atoms with Crippen molar-refractivity contribution in [1.82, 2.24) is 15.2 Å². The smallest absolute Gasteiger partial charge is 0.255 e. The Bertz CT molecular complexity index is 1330. The maximum absolute atomic E-state index is 13.5. The quantitative estimate of drug-likeness (QED) is 0.524. The molecule has 0 radical (unpaired) electrons. The van der Waals surface area contributed by atoms with Crippen molar-refractivity contribution >= 4 is 44.2 Å². The van der Waals surface area contributed by atoms with Gasteiger partial charge in [-0.25, -0.2) is 0 Å². The van der Waals surface area contributed by atoms with E-state index in [1.165, 1.54) is 0 Å². The molecule has 2 aromatic carbocycles. The summed E-state index contributed by atoms with van der Waals surface area (Å²) in [5.74, 6) is 1.06. The number of likely N-dealkylation sites (tertiary alicyclic amines) is 1. The first-order chi connectivity index (χ1) is 16.5. The number of hydrogen-bond donors (Lipinski definition) is 2. The third-order valence-electron chi connectivity index (χ3n) is 7.16. The van der Waals surface area contributed by atoms with Crippen LogP contribution in [0.15, 0.2) is 47.1 Å². The predicted octanol–water partition coefficient (Wildman–Crippen LogP) is 4.67. The highest BCUT2D eigenvalue weighted by molar-refractivity contribution is 9.10. The molecule has 2 amide bonds. The van der Waals surface area contributed by atoms with Gasteiger partial charge in [0, 0.05) is 64.5 Å². The molecule has 2 aliphatic heterocycles. The van der Waals surface area contributed by atoms with Crippen LogP contribution < -0.4 is 15.4 Å². The minimum atomic E-state index is -0.543. The average Bonchev–Trinajstić information content (AvgIpc) is 3.69. The Hall–Kier alpha value is -3.13. The van der Waals surface area contributed by atoms with E-state index in [1.54, 1.807) is 7.11 Å². The van der Waals surface area contributed by atoms with Gasteiger partial charge >= 0.3 is 0 Å². The van der Waals surface area contributed by atoms with Crippen LogP contribution in [0.1, 0.15) is 58.0 Å². The molecule has 1 spiro atoms. The molecule has 3 aromatic rings. The first-order valence-corrected chi connectivity index (χ1v) is 12.4. The molecule has 3 heterocycles. The van der Waals surface area contributed by atoms with Crippen molar-refractivity contribution in [2.45, 2.75) is 37.3 Å². The lowest BCUT2D eigenvalue weighted by Gasteiger charge is -2.46. The molecule has 2 fully saturated rings. The van der Waals surface area contributed by atoms with E-state index in [-0.39, 0.29) is 11.8 Å². The molecule has 1 aromatic heterocycles. The summed E-state index contributed by atoms with van der Waals surface area (Å²) in [5.41, 5.74) is 2.58. The number of nitrogens with zero attached hydrogens (tertiary/aromatic N) is 2. The van der Waals surface area contributed by atoms with Crippen LogP contribution in [0.3, 0.4) is 0 Å². The number of ether oxygens (including phenoxy) is 1. The van der Waals surface area contributed by atoms with Crippen molar-refractivity contribution in [3.63, 3.8) is 0 Å². The normalized spacial score (nSPS) is 18.9. The van der Waals surface area contributed by atoms with Gasteiger partial charge in [0.2, 0.25) is 0 Å². The zero-order valence-electron chi connectivity index (χ0n) is 18.9. The number of methoxy groups -OCH3 is 1. The summed E-state index contributed by atoms with van der Waals surface area (Å²) in [5, 5.41) is 8.66. The fraction of sp³-hybridized carbons (Fsp3) is 0.346. The molecule has 1 saturated carbocycles. The third-order valence-corrected chi connectivity index (χ3v) is 7.65. The Balaban J connectivity index is 1.25. The van der Waals surface area contributed by atoms with Gasteiger partial charge in [-0.15, -0.1) is 0 Å². The molecule has 174 valence electrons. The van der Waals surface area contributed by atoms with Gasteiger partial charge in [0.25, 0.3) is 11.8 Å². The summed E-state index contributed by atoms with van der Waals surface area (Å²) in [6, 6.07) is 11.4. The van der Waals surface area contributed by atoms with Crippen LogP contribution >= 0.6 is 15.9 Å². The summed E-state index contributed by atoms with van der Waals surface area (Å²) in [6.07, 6.45) is 5.35. The van der Waals surface area contributed by atoms with E-state index >= 15 is 0 Å². The van der Waals surface area contributed by atoms with E-state index in [1.807, 2.05) is 47.5 Å². The lowest BCUT2D eigenvalue weighted by atomic mass is 9.92. The van der Waals surface area contributed by atoms with Crippen LogP contribution in [-0.4, -0.2) is 47.6 Å². The van der Waals surface area contributed by atoms with E-state index in [2.05, 4.69) is 31.5 Å². The van der Waals surface area contributed by atoms with Gasteiger partial charge in [0.05, 0.1) is 18.4 Å². The van der Waals surface area contributed by atoms with E-state index in [0.29, 0.717) is 48.7 Å². The van der Waals surface area contributed by atoms with Crippen molar-refractivity contribution < 1.29 is 14.3 Å². The van der Waals surface area contributed by atoms with Crippen LogP contribution in [0.2, 0.25) is 0 Å². The SMILES string of the molecule is COc1cc(C(=O)N2CCC3(CC2)NC(=O)c2cc(Br)ccc2N3)cc2c(C3CC3)nccc12. The van der Waals surface area contributed by atoms with Crippen molar-refractivity contribution in [2.75, 3.05) is 25.5 Å². The molecule has 0 atom stereocenters. The average molecular weight is 521 g/mol. The Labute approximate surface area is 206 Å². The molecule has 2 N–H and O–H groups in total. The second-order valence-corrected chi connectivity index (χ2v) is 10.3. The second kappa shape index (κ2) is 7.98. The zero-order valence-corrected chi connectivity index (χ0v) is 20.4. The maximum Gasteiger partial charge on any atom is 0.255 e. The Morgan fingerprint density at radius 2 is 1.91 bits per heavy atom. The van der Waals surface area contributed by atoms with Crippen LogP contribution in [0.4, 0.5) is 5.69 Å². The van der Waals surface area contributed by atoms with Crippen molar-refractivity contribution in [1.29, 1.82) is 0 Å². The number of nitrogens with one attached hydrogen (secondary N) is 2. The number of halogens is 1. The topological polar surface area (TPSA) is 83.6 Å². The number of carbonyl (C=O) groups excluding carboxylic acids is 2. The number of fused-ring (bicyclic) bond motifs is 2. The Morgan fingerprint density at radius 1 is 1.12 bits per heavy atom. The van der Waals surface area contributed by atoms with Crippen LogP contribution in [0, 0.1) is 0 Å². The molecule has 6 rings (SSSR count). The maximum atomic E-state index is 13.5. The van der Waals surface area contributed by atoms with Gasteiger partial charge in [0.1, 0.15) is 11.4 Å². The van der Waals surface area contributed by atoms with Crippen molar-refractivity contribution in [3.8, 4) is 5.75 Å².